The summed E-state index contributed by atoms with van der Waals surface area (Å²) in [5, 5.41) is 3.53. The topological polar surface area (TPSA) is 30.5 Å². The van der Waals surface area contributed by atoms with Crippen LogP contribution in [0.4, 0.5) is 5.69 Å². The van der Waals surface area contributed by atoms with E-state index in [1.54, 1.807) is 0 Å². The van der Waals surface area contributed by atoms with Gasteiger partial charge in [-0.05, 0) is 44.0 Å². The third-order valence-corrected chi connectivity index (χ3v) is 3.39. The number of anilines is 1. The minimum absolute atomic E-state index is 0.454. The fourth-order valence-corrected chi connectivity index (χ4v) is 2.20. The lowest BCUT2D eigenvalue weighted by atomic mass is 10.0. The van der Waals surface area contributed by atoms with Gasteiger partial charge in [-0.1, -0.05) is 6.92 Å². The maximum atomic E-state index is 5.57. The van der Waals surface area contributed by atoms with Crippen LogP contribution in [0.15, 0.2) is 24.3 Å². The standard InChI is InChI=1S/C15H23NO2/c1-3-9-18-15-6-4-14(5-7-15)16-12(2)13-8-10-17-11-13/h4-7,12-13,16H,3,8-11H2,1-2H3. The molecule has 0 bridgehead atoms. The van der Waals surface area contributed by atoms with E-state index >= 15 is 0 Å². The first-order valence-electron chi connectivity index (χ1n) is 6.86. The Hall–Kier alpha value is -1.22. The summed E-state index contributed by atoms with van der Waals surface area (Å²) >= 11 is 0. The number of hydrogen-bond donors (Lipinski definition) is 1. The van der Waals surface area contributed by atoms with E-state index in [1.807, 2.05) is 12.1 Å². The Morgan fingerprint density at radius 2 is 2.17 bits per heavy atom. The molecule has 2 atom stereocenters. The lowest BCUT2D eigenvalue weighted by Gasteiger charge is -2.20. The van der Waals surface area contributed by atoms with E-state index in [0.717, 1.165) is 44.1 Å². The van der Waals surface area contributed by atoms with Crippen LogP contribution in [0, 0.1) is 5.92 Å². The molecule has 0 saturated carbocycles. The minimum Gasteiger partial charge on any atom is -0.494 e. The highest BCUT2D eigenvalue weighted by atomic mass is 16.5. The number of benzene rings is 1. The Balaban J connectivity index is 1.85. The molecule has 1 aromatic carbocycles. The molecule has 2 rings (SSSR count). The van der Waals surface area contributed by atoms with Crippen LogP contribution in [0.1, 0.15) is 26.7 Å². The van der Waals surface area contributed by atoms with Crippen LogP contribution in [0.25, 0.3) is 0 Å². The van der Waals surface area contributed by atoms with Gasteiger partial charge in [0.05, 0.1) is 13.2 Å². The van der Waals surface area contributed by atoms with Gasteiger partial charge in [-0.15, -0.1) is 0 Å². The fraction of sp³-hybridized carbons (Fsp3) is 0.600. The highest BCUT2D eigenvalue weighted by molar-refractivity contribution is 5.47. The molecule has 0 aromatic heterocycles. The molecule has 1 heterocycles. The Bertz CT molecular complexity index is 344. The predicted octanol–water partition coefficient (Wildman–Crippen LogP) is 3.31. The van der Waals surface area contributed by atoms with E-state index in [9.17, 15) is 0 Å². The van der Waals surface area contributed by atoms with Crippen LogP contribution in [0.2, 0.25) is 0 Å². The van der Waals surface area contributed by atoms with Gasteiger partial charge in [0.2, 0.25) is 0 Å². The maximum Gasteiger partial charge on any atom is 0.119 e. The van der Waals surface area contributed by atoms with E-state index in [-0.39, 0.29) is 0 Å². The molecular weight excluding hydrogens is 226 g/mol. The molecule has 1 aliphatic rings. The lowest BCUT2D eigenvalue weighted by molar-refractivity contribution is 0.183. The zero-order chi connectivity index (χ0) is 12.8. The van der Waals surface area contributed by atoms with Gasteiger partial charge >= 0.3 is 0 Å². The first-order chi connectivity index (χ1) is 8.79. The van der Waals surface area contributed by atoms with Crippen molar-refractivity contribution in [3.05, 3.63) is 24.3 Å². The molecule has 0 amide bonds. The van der Waals surface area contributed by atoms with E-state index in [1.165, 1.54) is 0 Å². The number of rotatable bonds is 6. The predicted molar refractivity (Wildman–Crippen MR) is 74.2 cm³/mol. The highest BCUT2D eigenvalue weighted by Gasteiger charge is 2.21. The van der Waals surface area contributed by atoms with Crippen LogP contribution >= 0.6 is 0 Å². The summed E-state index contributed by atoms with van der Waals surface area (Å²) in [7, 11) is 0. The first kappa shape index (κ1) is 13.2. The molecule has 2 unspecified atom stereocenters. The Morgan fingerprint density at radius 1 is 1.39 bits per heavy atom. The average Bonchev–Trinajstić information content (AvgIpc) is 2.92. The van der Waals surface area contributed by atoms with E-state index in [2.05, 4.69) is 31.3 Å². The molecule has 1 aliphatic heterocycles. The molecule has 1 N–H and O–H groups in total. The van der Waals surface area contributed by atoms with Crippen molar-refractivity contribution in [3.63, 3.8) is 0 Å². The molecule has 3 nitrogen and oxygen atoms in total. The van der Waals surface area contributed by atoms with Crippen molar-refractivity contribution in [1.82, 2.24) is 0 Å². The molecule has 0 aliphatic carbocycles. The van der Waals surface area contributed by atoms with Crippen LogP contribution in [-0.4, -0.2) is 25.9 Å². The van der Waals surface area contributed by atoms with Crippen LogP contribution in [0.3, 0.4) is 0 Å². The van der Waals surface area contributed by atoms with Crippen molar-refractivity contribution >= 4 is 5.69 Å². The minimum atomic E-state index is 0.454. The summed E-state index contributed by atoms with van der Waals surface area (Å²) in [6, 6.07) is 8.66. The van der Waals surface area contributed by atoms with E-state index in [4.69, 9.17) is 9.47 Å². The third kappa shape index (κ3) is 3.64. The van der Waals surface area contributed by atoms with Gasteiger partial charge in [-0.3, -0.25) is 0 Å². The second-order valence-electron chi connectivity index (χ2n) is 4.93. The average molecular weight is 249 g/mol. The van der Waals surface area contributed by atoms with Crippen LogP contribution in [0.5, 0.6) is 5.75 Å². The van der Waals surface area contributed by atoms with Crippen LogP contribution in [-0.2, 0) is 4.74 Å². The quantitative estimate of drug-likeness (QED) is 0.839. The Kier molecular flexibility index (Phi) is 4.88. The van der Waals surface area contributed by atoms with Crippen molar-refractivity contribution < 1.29 is 9.47 Å². The summed E-state index contributed by atoms with van der Waals surface area (Å²) in [6.07, 6.45) is 2.20. The van der Waals surface area contributed by atoms with Gasteiger partial charge in [0.1, 0.15) is 5.75 Å². The van der Waals surface area contributed by atoms with Crippen molar-refractivity contribution in [2.45, 2.75) is 32.7 Å². The molecule has 18 heavy (non-hydrogen) atoms. The second kappa shape index (κ2) is 6.64. The molecule has 3 heteroatoms. The van der Waals surface area contributed by atoms with Crippen molar-refractivity contribution in [2.75, 3.05) is 25.1 Å². The van der Waals surface area contributed by atoms with Crippen LogP contribution < -0.4 is 10.1 Å². The summed E-state index contributed by atoms with van der Waals surface area (Å²) in [6.45, 7) is 6.90. The zero-order valence-corrected chi connectivity index (χ0v) is 11.3. The smallest absolute Gasteiger partial charge is 0.119 e. The summed E-state index contributed by atoms with van der Waals surface area (Å²) in [4.78, 5) is 0. The number of hydrogen-bond acceptors (Lipinski definition) is 3. The number of nitrogens with one attached hydrogen (secondary N) is 1. The zero-order valence-electron chi connectivity index (χ0n) is 11.3. The van der Waals surface area contributed by atoms with E-state index in [0.29, 0.717) is 12.0 Å². The Labute approximate surface area is 109 Å². The first-order valence-corrected chi connectivity index (χ1v) is 6.86. The van der Waals surface area contributed by atoms with Crippen molar-refractivity contribution in [2.24, 2.45) is 5.92 Å². The third-order valence-electron chi connectivity index (χ3n) is 3.39. The number of ether oxygens (including phenoxy) is 2. The summed E-state index contributed by atoms with van der Waals surface area (Å²) < 4.78 is 11.0. The van der Waals surface area contributed by atoms with E-state index < -0.39 is 0 Å². The molecule has 0 radical (unpaired) electrons. The lowest BCUT2D eigenvalue weighted by Crippen LogP contribution is -2.25. The summed E-state index contributed by atoms with van der Waals surface area (Å²) in [5.41, 5.74) is 1.15. The highest BCUT2D eigenvalue weighted by Crippen LogP contribution is 2.22. The van der Waals surface area contributed by atoms with Gasteiger partial charge in [0, 0.05) is 24.3 Å². The normalized spacial score (nSPS) is 20.7. The Morgan fingerprint density at radius 3 is 2.78 bits per heavy atom. The molecule has 1 saturated heterocycles. The molecule has 100 valence electrons. The van der Waals surface area contributed by atoms with Gasteiger partial charge in [-0.2, -0.15) is 0 Å². The second-order valence-corrected chi connectivity index (χ2v) is 4.93. The van der Waals surface area contributed by atoms with Gasteiger partial charge in [0.25, 0.3) is 0 Å². The maximum absolute atomic E-state index is 5.57. The monoisotopic (exact) mass is 249 g/mol. The SMILES string of the molecule is CCCOc1ccc(NC(C)C2CCOC2)cc1. The van der Waals surface area contributed by atoms with Gasteiger partial charge < -0.3 is 14.8 Å². The fourth-order valence-electron chi connectivity index (χ4n) is 2.20. The van der Waals surface area contributed by atoms with Crippen molar-refractivity contribution in [3.8, 4) is 5.75 Å². The largest absolute Gasteiger partial charge is 0.494 e. The molecule has 0 spiro atoms. The molecule has 1 aromatic rings. The summed E-state index contributed by atoms with van der Waals surface area (Å²) in [5.74, 6) is 1.57. The molecule has 1 fully saturated rings. The van der Waals surface area contributed by atoms with Crippen molar-refractivity contribution in [1.29, 1.82) is 0 Å². The van der Waals surface area contributed by atoms with Gasteiger partial charge in [-0.25, -0.2) is 0 Å². The molecular formula is C15H23NO2. The van der Waals surface area contributed by atoms with Gasteiger partial charge in [0.15, 0.2) is 0 Å².